The van der Waals surface area contributed by atoms with Crippen molar-refractivity contribution in [2.24, 2.45) is 0 Å². The Labute approximate surface area is 356 Å². The molecule has 0 saturated carbocycles. The van der Waals surface area contributed by atoms with Gasteiger partial charge in [0.1, 0.15) is 16.0 Å². The maximum atomic E-state index is 6.67. The minimum Gasteiger partial charge on any atom is -0.456 e. The van der Waals surface area contributed by atoms with Crippen molar-refractivity contribution in [1.29, 1.82) is 0 Å². The Morgan fingerprint density at radius 3 is 2.00 bits per heavy atom. The van der Waals surface area contributed by atoms with Crippen LogP contribution in [0.5, 0.6) is 0 Å². The Hall–Kier alpha value is -8.06. The minimum atomic E-state index is 0.647. The SMILES string of the molecule is c1ccc(-c2cccc3cccc(-c4cccc(-c5nc(-n6c7ccc8oc9ccc%10c%11ccccc%11n%11c%12cccc6c%12c7c8c9c%10%11)nc6sc7ccccc7c56)c4)c23)cc1. The zero-order valence-electron chi connectivity index (χ0n) is 32.9. The van der Waals surface area contributed by atoms with Crippen LogP contribution in [0.2, 0.25) is 0 Å². The molecule has 0 N–H and O–H groups in total. The number of benzene rings is 9. The average Bonchev–Trinajstić information content (AvgIpc) is 4.06. The molecule has 6 heterocycles. The molecule has 6 heteroatoms. The van der Waals surface area contributed by atoms with Crippen molar-refractivity contribution in [3.05, 3.63) is 182 Å². The molecule has 0 saturated heterocycles. The molecule has 0 spiro atoms. The molecule has 9 aromatic carbocycles. The quantitative estimate of drug-likeness (QED) is 0.178. The van der Waals surface area contributed by atoms with E-state index in [-0.39, 0.29) is 0 Å². The van der Waals surface area contributed by atoms with Crippen LogP contribution in [0.4, 0.5) is 0 Å². The molecule has 0 unspecified atom stereocenters. The average molecular weight is 807 g/mol. The van der Waals surface area contributed by atoms with E-state index in [0.29, 0.717) is 5.95 Å². The number of thiophene rings is 1. The Kier molecular flexibility index (Phi) is 6.24. The molecule has 0 amide bonds. The summed E-state index contributed by atoms with van der Waals surface area (Å²) in [6.07, 6.45) is 0. The monoisotopic (exact) mass is 806 g/mol. The number of para-hydroxylation sites is 1. The van der Waals surface area contributed by atoms with Crippen LogP contribution in [0.15, 0.2) is 186 Å². The molecule has 15 aromatic rings. The largest absolute Gasteiger partial charge is 0.456 e. The lowest BCUT2D eigenvalue weighted by Gasteiger charge is -2.14. The third-order valence-corrected chi connectivity index (χ3v) is 14.3. The normalized spacial score (nSPS) is 12.5. The van der Waals surface area contributed by atoms with E-state index < -0.39 is 0 Å². The summed E-state index contributed by atoms with van der Waals surface area (Å²) in [5.74, 6) is 0.647. The highest BCUT2D eigenvalue weighted by Gasteiger charge is 2.28. The molecule has 286 valence electrons. The summed E-state index contributed by atoms with van der Waals surface area (Å²) in [6.45, 7) is 0. The van der Waals surface area contributed by atoms with Crippen molar-refractivity contribution in [2.75, 3.05) is 0 Å². The van der Waals surface area contributed by atoms with Gasteiger partial charge in [-0.3, -0.25) is 4.57 Å². The minimum absolute atomic E-state index is 0.647. The summed E-state index contributed by atoms with van der Waals surface area (Å²) in [6, 6.07) is 65.6. The zero-order chi connectivity index (χ0) is 40.2. The number of fused-ring (bicyclic) bond motifs is 8. The molecule has 0 fully saturated rings. The van der Waals surface area contributed by atoms with Crippen LogP contribution in [-0.2, 0) is 0 Å². The van der Waals surface area contributed by atoms with Gasteiger partial charge in [-0.15, -0.1) is 11.3 Å². The molecule has 0 bridgehead atoms. The van der Waals surface area contributed by atoms with Gasteiger partial charge in [0, 0.05) is 48.0 Å². The Morgan fingerprint density at radius 1 is 0.419 bits per heavy atom. The fourth-order valence-corrected chi connectivity index (χ4v) is 11.8. The van der Waals surface area contributed by atoms with E-state index in [9.17, 15) is 0 Å². The van der Waals surface area contributed by atoms with Crippen molar-refractivity contribution in [3.8, 4) is 39.5 Å². The lowest BCUT2D eigenvalue weighted by Crippen LogP contribution is -2.03. The van der Waals surface area contributed by atoms with Gasteiger partial charge in [-0.1, -0.05) is 127 Å². The molecule has 5 nitrogen and oxygen atoms in total. The maximum Gasteiger partial charge on any atom is 0.236 e. The van der Waals surface area contributed by atoms with Crippen LogP contribution in [0.1, 0.15) is 0 Å². The number of nitrogens with zero attached hydrogens (tertiary/aromatic N) is 4. The van der Waals surface area contributed by atoms with E-state index in [0.717, 1.165) is 70.9 Å². The Bertz CT molecular complexity index is 4330. The van der Waals surface area contributed by atoms with Gasteiger partial charge < -0.3 is 8.82 Å². The molecule has 0 aliphatic carbocycles. The highest BCUT2D eigenvalue weighted by molar-refractivity contribution is 7.25. The summed E-state index contributed by atoms with van der Waals surface area (Å²) in [4.78, 5) is 12.1. The molecule has 6 aromatic heterocycles. The fraction of sp³-hybridized carbons (Fsp3) is 0. The van der Waals surface area contributed by atoms with Crippen LogP contribution in [0.25, 0.3) is 142 Å². The van der Waals surface area contributed by atoms with Gasteiger partial charge >= 0.3 is 0 Å². The number of aromatic nitrogens is 4. The van der Waals surface area contributed by atoms with Gasteiger partial charge in [-0.05, 0) is 87.6 Å². The second kappa shape index (κ2) is 11.8. The van der Waals surface area contributed by atoms with Crippen LogP contribution in [0, 0.1) is 0 Å². The first-order valence-corrected chi connectivity index (χ1v) is 21.8. The van der Waals surface area contributed by atoms with Gasteiger partial charge in [0.05, 0.1) is 38.7 Å². The Morgan fingerprint density at radius 2 is 1.10 bits per heavy atom. The maximum absolute atomic E-state index is 6.67. The van der Waals surface area contributed by atoms with Crippen LogP contribution in [-0.4, -0.2) is 18.9 Å². The summed E-state index contributed by atoms with van der Waals surface area (Å²) in [5.41, 5.74) is 14.1. The number of furan rings is 1. The van der Waals surface area contributed by atoms with Gasteiger partial charge in [0.15, 0.2) is 0 Å². The van der Waals surface area contributed by atoms with E-state index in [2.05, 4.69) is 191 Å². The molecule has 62 heavy (non-hydrogen) atoms. The van der Waals surface area contributed by atoms with Crippen LogP contribution < -0.4 is 0 Å². The highest BCUT2D eigenvalue weighted by atomic mass is 32.1. The molecule has 0 aliphatic heterocycles. The number of rotatable bonds is 4. The van der Waals surface area contributed by atoms with Crippen molar-refractivity contribution in [2.45, 2.75) is 0 Å². The van der Waals surface area contributed by atoms with Gasteiger partial charge in [0.2, 0.25) is 5.95 Å². The third kappa shape index (κ3) is 4.16. The zero-order valence-corrected chi connectivity index (χ0v) is 33.7. The van der Waals surface area contributed by atoms with E-state index in [1.54, 1.807) is 11.3 Å². The van der Waals surface area contributed by atoms with Crippen molar-refractivity contribution >= 4 is 113 Å². The lowest BCUT2D eigenvalue weighted by atomic mass is 9.90. The summed E-state index contributed by atoms with van der Waals surface area (Å²) in [5, 5.41) is 11.8. The molecule has 15 rings (SSSR count). The second-order valence-electron chi connectivity index (χ2n) is 16.4. The summed E-state index contributed by atoms with van der Waals surface area (Å²) >= 11 is 1.73. The lowest BCUT2D eigenvalue weighted by molar-refractivity contribution is 0.669. The Balaban J connectivity index is 1.04. The third-order valence-electron chi connectivity index (χ3n) is 13.3. The van der Waals surface area contributed by atoms with Gasteiger partial charge in [0.25, 0.3) is 0 Å². The summed E-state index contributed by atoms with van der Waals surface area (Å²) < 4.78 is 12.6. The number of hydrogen-bond donors (Lipinski definition) is 0. The molecule has 0 aliphatic rings. The second-order valence-corrected chi connectivity index (χ2v) is 17.5. The van der Waals surface area contributed by atoms with Crippen molar-refractivity contribution in [1.82, 2.24) is 18.9 Å². The first-order chi connectivity index (χ1) is 30.8. The van der Waals surface area contributed by atoms with E-state index in [1.807, 2.05) is 0 Å². The molecular weight excluding hydrogens is 777 g/mol. The molecule has 0 radical (unpaired) electrons. The van der Waals surface area contributed by atoms with E-state index in [4.69, 9.17) is 14.4 Å². The highest BCUT2D eigenvalue weighted by Crippen LogP contribution is 2.49. The summed E-state index contributed by atoms with van der Waals surface area (Å²) in [7, 11) is 0. The number of hydrogen-bond acceptors (Lipinski definition) is 4. The first kappa shape index (κ1) is 32.8. The van der Waals surface area contributed by atoms with Gasteiger partial charge in [-0.25, -0.2) is 9.97 Å². The van der Waals surface area contributed by atoms with Crippen molar-refractivity contribution in [3.63, 3.8) is 0 Å². The fourth-order valence-electron chi connectivity index (χ4n) is 10.8. The smallest absolute Gasteiger partial charge is 0.236 e. The van der Waals surface area contributed by atoms with Crippen molar-refractivity contribution < 1.29 is 4.42 Å². The topological polar surface area (TPSA) is 48.3 Å². The first-order valence-electron chi connectivity index (χ1n) is 21.0. The van der Waals surface area contributed by atoms with E-state index in [1.165, 1.54) is 64.7 Å². The van der Waals surface area contributed by atoms with Crippen LogP contribution >= 0.6 is 11.3 Å². The predicted octanol–water partition coefficient (Wildman–Crippen LogP) is 15.4. The van der Waals surface area contributed by atoms with Crippen LogP contribution in [0.3, 0.4) is 0 Å². The molecule has 0 atom stereocenters. The predicted molar refractivity (Wildman–Crippen MR) is 259 cm³/mol. The standard InChI is InChI=1S/C56H30N4OS/c1-2-12-31(13-3-1)35-20-9-14-32-15-10-21-36(47(32)35)33-16-8-17-34(30-33)53-48-39-19-5-7-25-46(39)62-55(48)58-56(57-53)60-42-24-11-23-41-49(42)50-43(60)27-29-44-51(50)52-45(61-44)28-26-38-37-18-4-6-22-40(37)59(41)54(38)52/h1-30H. The molecular formula is C56H30N4OS. The van der Waals surface area contributed by atoms with E-state index >= 15 is 0 Å². The van der Waals surface area contributed by atoms with Gasteiger partial charge in [-0.2, -0.15) is 0 Å².